The zero-order chi connectivity index (χ0) is 15.4. The summed E-state index contributed by atoms with van der Waals surface area (Å²) in [6.07, 6.45) is 3.05. The van der Waals surface area contributed by atoms with E-state index in [2.05, 4.69) is 29.3 Å². The van der Waals surface area contributed by atoms with Crippen molar-refractivity contribution in [1.82, 2.24) is 10.2 Å². The molecule has 4 heteroatoms. The minimum Gasteiger partial charge on any atom is -0.507 e. The van der Waals surface area contributed by atoms with Crippen molar-refractivity contribution in [3.8, 4) is 5.75 Å². The lowest BCUT2D eigenvalue weighted by Gasteiger charge is -2.41. The van der Waals surface area contributed by atoms with Crippen molar-refractivity contribution in [1.29, 1.82) is 0 Å². The number of benzene rings is 1. The lowest BCUT2D eigenvalue weighted by Crippen LogP contribution is -2.47. The standard InChI is InChI=1S/C18H28N2O2/c1-2-14-4-3-5-16(18(14)21)17(15-6-12-22-13-7-15)20-10-8-19-9-11-20/h3-5,15,17,19,21H,2,6-13H2,1H3/t17-/m1/s1. The minimum absolute atomic E-state index is 0.317. The van der Waals surface area contributed by atoms with Crippen LogP contribution in [0.15, 0.2) is 18.2 Å². The molecule has 3 rings (SSSR count). The molecule has 0 unspecified atom stereocenters. The van der Waals surface area contributed by atoms with Gasteiger partial charge in [-0.2, -0.15) is 0 Å². The number of para-hydroxylation sites is 1. The highest BCUT2D eigenvalue weighted by Gasteiger charge is 2.33. The average Bonchev–Trinajstić information content (AvgIpc) is 2.59. The van der Waals surface area contributed by atoms with E-state index in [1.165, 1.54) is 0 Å². The lowest BCUT2D eigenvalue weighted by molar-refractivity contribution is 0.0206. The van der Waals surface area contributed by atoms with Crippen molar-refractivity contribution in [2.75, 3.05) is 39.4 Å². The molecule has 4 nitrogen and oxygen atoms in total. The van der Waals surface area contributed by atoms with E-state index in [4.69, 9.17) is 4.74 Å². The van der Waals surface area contributed by atoms with E-state index in [1.807, 2.05) is 6.07 Å². The molecule has 0 amide bonds. The van der Waals surface area contributed by atoms with Gasteiger partial charge < -0.3 is 15.2 Å². The van der Waals surface area contributed by atoms with E-state index in [-0.39, 0.29) is 0 Å². The summed E-state index contributed by atoms with van der Waals surface area (Å²) in [4.78, 5) is 2.56. The maximum Gasteiger partial charge on any atom is 0.123 e. The SMILES string of the molecule is CCc1cccc([C@@H](C2CCOCC2)N2CCNCC2)c1O. The molecule has 22 heavy (non-hydrogen) atoms. The van der Waals surface area contributed by atoms with E-state index in [0.717, 1.165) is 69.8 Å². The molecule has 2 heterocycles. The van der Waals surface area contributed by atoms with Crippen molar-refractivity contribution in [2.45, 2.75) is 32.2 Å². The molecule has 0 aliphatic carbocycles. The Labute approximate surface area is 133 Å². The van der Waals surface area contributed by atoms with Gasteiger partial charge in [0.2, 0.25) is 0 Å². The molecule has 2 aliphatic heterocycles. The van der Waals surface area contributed by atoms with Crippen LogP contribution in [-0.4, -0.2) is 49.4 Å². The van der Waals surface area contributed by atoms with Crippen LogP contribution in [0.3, 0.4) is 0 Å². The third-order valence-electron chi connectivity index (χ3n) is 5.11. The first-order valence-corrected chi connectivity index (χ1v) is 8.64. The molecule has 2 N–H and O–H groups in total. The fourth-order valence-corrected chi connectivity index (χ4v) is 3.88. The summed E-state index contributed by atoms with van der Waals surface area (Å²) in [6, 6.07) is 6.58. The molecule has 0 bridgehead atoms. The Hall–Kier alpha value is -1.10. The Morgan fingerprint density at radius 1 is 1.27 bits per heavy atom. The van der Waals surface area contributed by atoms with Gasteiger partial charge in [0.25, 0.3) is 0 Å². The predicted octanol–water partition coefficient (Wildman–Crippen LogP) is 2.33. The first kappa shape index (κ1) is 15.8. The summed E-state index contributed by atoms with van der Waals surface area (Å²) < 4.78 is 5.55. The molecule has 1 aromatic rings. The Morgan fingerprint density at radius 3 is 2.68 bits per heavy atom. The van der Waals surface area contributed by atoms with Crippen LogP contribution >= 0.6 is 0 Å². The van der Waals surface area contributed by atoms with Crippen molar-refractivity contribution in [3.05, 3.63) is 29.3 Å². The second-order valence-electron chi connectivity index (χ2n) is 6.39. The van der Waals surface area contributed by atoms with Gasteiger partial charge in [0.05, 0.1) is 0 Å². The van der Waals surface area contributed by atoms with Crippen molar-refractivity contribution < 1.29 is 9.84 Å². The van der Waals surface area contributed by atoms with Crippen molar-refractivity contribution in [2.24, 2.45) is 5.92 Å². The maximum absolute atomic E-state index is 10.7. The van der Waals surface area contributed by atoms with Gasteiger partial charge in [0, 0.05) is 51.0 Å². The fraction of sp³-hybridized carbons (Fsp3) is 0.667. The molecule has 122 valence electrons. The monoisotopic (exact) mass is 304 g/mol. The van der Waals surface area contributed by atoms with Gasteiger partial charge in [0.1, 0.15) is 5.75 Å². The van der Waals surface area contributed by atoms with Gasteiger partial charge in [-0.05, 0) is 30.7 Å². The summed E-state index contributed by atoms with van der Waals surface area (Å²) in [5, 5.41) is 14.2. The number of hydrogen-bond acceptors (Lipinski definition) is 4. The number of ether oxygens (including phenoxy) is 1. The van der Waals surface area contributed by atoms with Crippen LogP contribution in [0.4, 0.5) is 0 Å². The quantitative estimate of drug-likeness (QED) is 0.896. The van der Waals surface area contributed by atoms with E-state index in [1.54, 1.807) is 0 Å². The van der Waals surface area contributed by atoms with Crippen LogP contribution < -0.4 is 5.32 Å². The molecular formula is C18H28N2O2. The number of phenolic OH excluding ortho intramolecular Hbond substituents is 1. The Balaban J connectivity index is 1.93. The normalized spacial score (nSPS) is 22.6. The van der Waals surface area contributed by atoms with Gasteiger partial charge in [-0.3, -0.25) is 4.90 Å². The first-order chi connectivity index (χ1) is 10.8. The van der Waals surface area contributed by atoms with Crippen LogP contribution in [0.2, 0.25) is 0 Å². The topological polar surface area (TPSA) is 44.7 Å². The maximum atomic E-state index is 10.7. The highest BCUT2D eigenvalue weighted by molar-refractivity contribution is 5.42. The number of piperazine rings is 1. The fourth-order valence-electron chi connectivity index (χ4n) is 3.88. The Morgan fingerprint density at radius 2 is 2.00 bits per heavy atom. The molecular weight excluding hydrogens is 276 g/mol. The second kappa shape index (κ2) is 7.44. The van der Waals surface area contributed by atoms with Gasteiger partial charge in [-0.25, -0.2) is 0 Å². The van der Waals surface area contributed by atoms with Gasteiger partial charge in [0.15, 0.2) is 0 Å². The minimum atomic E-state index is 0.317. The third kappa shape index (κ3) is 3.29. The predicted molar refractivity (Wildman–Crippen MR) is 88.2 cm³/mol. The third-order valence-corrected chi connectivity index (χ3v) is 5.11. The zero-order valence-corrected chi connectivity index (χ0v) is 13.6. The number of aryl methyl sites for hydroxylation is 1. The lowest BCUT2D eigenvalue weighted by atomic mass is 9.84. The molecule has 0 radical (unpaired) electrons. The van der Waals surface area contributed by atoms with E-state index >= 15 is 0 Å². The average molecular weight is 304 g/mol. The van der Waals surface area contributed by atoms with Crippen LogP contribution in [0.5, 0.6) is 5.75 Å². The van der Waals surface area contributed by atoms with Gasteiger partial charge >= 0.3 is 0 Å². The van der Waals surface area contributed by atoms with Crippen LogP contribution in [0.1, 0.15) is 36.9 Å². The molecule has 2 aliphatic rings. The van der Waals surface area contributed by atoms with Crippen molar-refractivity contribution in [3.63, 3.8) is 0 Å². The molecule has 0 aromatic heterocycles. The summed E-state index contributed by atoms with van der Waals surface area (Å²) in [7, 11) is 0. The molecule has 2 fully saturated rings. The van der Waals surface area contributed by atoms with Crippen LogP contribution in [-0.2, 0) is 11.2 Å². The summed E-state index contributed by atoms with van der Waals surface area (Å²) in [5.41, 5.74) is 2.18. The van der Waals surface area contributed by atoms with Crippen LogP contribution in [0.25, 0.3) is 0 Å². The molecule has 0 saturated carbocycles. The molecule has 1 aromatic carbocycles. The molecule has 0 spiro atoms. The second-order valence-corrected chi connectivity index (χ2v) is 6.39. The van der Waals surface area contributed by atoms with E-state index in [0.29, 0.717) is 17.7 Å². The van der Waals surface area contributed by atoms with Crippen LogP contribution in [0, 0.1) is 5.92 Å². The van der Waals surface area contributed by atoms with E-state index in [9.17, 15) is 5.11 Å². The number of nitrogens with one attached hydrogen (secondary N) is 1. The Kier molecular flexibility index (Phi) is 5.34. The van der Waals surface area contributed by atoms with Gasteiger partial charge in [-0.15, -0.1) is 0 Å². The molecule has 1 atom stereocenters. The van der Waals surface area contributed by atoms with E-state index < -0.39 is 0 Å². The summed E-state index contributed by atoms with van der Waals surface area (Å²) in [6.45, 7) is 7.98. The van der Waals surface area contributed by atoms with Gasteiger partial charge in [-0.1, -0.05) is 25.1 Å². The number of hydrogen-bond donors (Lipinski definition) is 2. The smallest absolute Gasteiger partial charge is 0.123 e. The number of rotatable bonds is 4. The number of phenols is 1. The summed E-state index contributed by atoms with van der Waals surface area (Å²) >= 11 is 0. The number of aromatic hydroxyl groups is 1. The van der Waals surface area contributed by atoms with Crippen molar-refractivity contribution >= 4 is 0 Å². The highest BCUT2D eigenvalue weighted by Crippen LogP contribution is 2.40. The largest absolute Gasteiger partial charge is 0.507 e. The zero-order valence-electron chi connectivity index (χ0n) is 13.6. The highest BCUT2D eigenvalue weighted by atomic mass is 16.5. The first-order valence-electron chi connectivity index (χ1n) is 8.64. The molecule has 2 saturated heterocycles. The summed E-state index contributed by atoms with van der Waals surface area (Å²) in [5.74, 6) is 1.09. The Bertz CT molecular complexity index is 462. The number of nitrogens with zero attached hydrogens (tertiary/aromatic N) is 1.